The fourth-order valence-electron chi connectivity index (χ4n) is 1.00. The molecular weight excluding hydrogens is 152 g/mol. The molecule has 0 saturated carbocycles. The molecule has 0 amide bonds. The second-order valence-electron chi connectivity index (χ2n) is 2.65. The molecule has 0 aliphatic carbocycles. The second kappa shape index (κ2) is 4.01. The van der Waals surface area contributed by atoms with Gasteiger partial charge in [0, 0.05) is 6.54 Å². The van der Waals surface area contributed by atoms with Crippen molar-refractivity contribution in [3.8, 4) is 0 Å². The Kier molecular flexibility index (Phi) is 2.99. The van der Waals surface area contributed by atoms with Crippen LogP contribution in [-0.4, -0.2) is 9.97 Å². The van der Waals surface area contributed by atoms with E-state index in [0.29, 0.717) is 18.1 Å². The standard InChI is InChI=1S/C8H14N4/c1-2-3-6-5-11-8(10)7(4-9)12-6/h5H,2-4,9H2,1H3,(H2,10,11). The summed E-state index contributed by atoms with van der Waals surface area (Å²) in [6.45, 7) is 2.45. The fourth-order valence-corrected chi connectivity index (χ4v) is 1.00. The molecule has 0 aromatic carbocycles. The van der Waals surface area contributed by atoms with E-state index < -0.39 is 0 Å². The van der Waals surface area contributed by atoms with Gasteiger partial charge in [-0.2, -0.15) is 0 Å². The second-order valence-corrected chi connectivity index (χ2v) is 2.65. The van der Waals surface area contributed by atoms with Crippen molar-refractivity contribution in [2.24, 2.45) is 5.73 Å². The summed E-state index contributed by atoms with van der Waals surface area (Å²) in [5, 5.41) is 0. The Bertz CT molecular complexity index is 259. The highest BCUT2D eigenvalue weighted by Gasteiger charge is 2.01. The van der Waals surface area contributed by atoms with Crippen LogP contribution < -0.4 is 11.5 Å². The molecule has 12 heavy (non-hydrogen) atoms. The van der Waals surface area contributed by atoms with Gasteiger partial charge in [-0.1, -0.05) is 13.3 Å². The van der Waals surface area contributed by atoms with Crippen molar-refractivity contribution in [3.05, 3.63) is 17.6 Å². The minimum Gasteiger partial charge on any atom is -0.382 e. The number of aromatic nitrogens is 2. The summed E-state index contributed by atoms with van der Waals surface area (Å²) in [6, 6.07) is 0. The van der Waals surface area contributed by atoms with Crippen LogP contribution in [0.5, 0.6) is 0 Å². The van der Waals surface area contributed by atoms with Crippen LogP contribution in [0.3, 0.4) is 0 Å². The van der Waals surface area contributed by atoms with Gasteiger partial charge in [0.15, 0.2) is 0 Å². The van der Waals surface area contributed by atoms with Gasteiger partial charge in [0.25, 0.3) is 0 Å². The number of hydrogen-bond donors (Lipinski definition) is 2. The smallest absolute Gasteiger partial charge is 0.146 e. The number of nitrogens with two attached hydrogens (primary N) is 2. The van der Waals surface area contributed by atoms with E-state index in [-0.39, 0.29) is 0 Å². The predicted octanol–water partition coefficient (Wildman–Crippen LogP) is 0.470. The summed E-state index contributed by atoms with van der Waals surface area (Å²) in [5.74, 6) is 0.442. The van der Waals surface area contributed by atoms with Gasteiger partial charge in [-0.3, -0.25) is 4.98 Å². The third-order valence-corrected chi connectivity index (χ3v) is 1.63. The average Bonchev–Trinajstić information content (AvgIpc) is 2.09. The van der Waals surface area contributed by atoms with Gasteiger partial charge >= 0.3 is 0 Å². The molecule has 4 heteroatoms. The topological polar surface area (TPSA) is 77.8 Å². The van der Waals surface area contributed by atoms with Gasteiger partial charge in [-0.05, 0) is 6.42 Å². The lowest BCUT2D eigenvalue weighted by Crippen LogP contribution is -2.08. The van der Waals surface area contributed by atoms with Gasteiger partial charge in [0.05, 0.1) is 17.6 Å². The van der Waals surface area contributed by atoms with Crippen LogP contribution in [0, 0.1) is 0 Å². The quantitative estimate of drug-likeness (QED) is 0.684. The van der Waals surface area contributed by atoms with E-state index in [0.717, 1.165) is 18.5 Å². The molecule has 66 valence electrons. The maximum Gasteiger partial charge on any atom is 0.146 e. The summed E-state index contributed by atoms with van der Waals surface area (Å²) < 4.78 is 0. The van der Waals surface area contributed by atoms with E-state index in [1.807, 2.05) is 0 Å². The zero-order chi connectivity index (χ0) is 8.97. The van der Waals surface area contributed by atoms with Gasteiger partial charge in [0.2, 0.25) is 0 Å². The van der Waals surface area contributed by atoms with Gasteiger partial charge < -0.3 is 11.5 Å². The number of anilines is 1. The van der Waals surface area contributed by atoms with E-state index in [9.17, 15) is 0 Å². The SMILES string of the molecule is CCCc1cnc(N)c(CN)n1. The van der Waals surface area contributed by atoms with Crippen molar-refractivity contribution in [1.82, 2.24) is 9.97 Å². The monoisotopic (exact) mass is 166 g/mol. The maximum absolute atomic E-state index is 5.54. The lowest BCUT2D eigenvalue weighted by Gasteiger charge is -2.03. The van der Waals surface area contributed by atoms with E-state index in [2.05, 4.69) is 16.9 Å². The number of rotatable bonds is 3. The van der Waals surface area contributed by atoms with Crippen LogP contribution in [-0.2, 0) is 13.0 Å². The molecule has 0 unspecified atom stereocenters. The molecule has 1 aromatic heterocycles. The van der Waals surface area contributed by atoms with Crippen LogP contribution in [0.4, 0.5) is 5.82 Å². The third-order valence-electron chi connectivity index (χ3n) is 1.63. The first-order valence-corrected chi connectivity index (χ1v) is 4.08. The highest BCUT2D eigenvalue weighted by atomic mass is 14.9. The lowest BCUT2D eigenvalue weighted by atomic mass is 10.2. The van der Waals surface area contributed by atoms with E-state index in [1.54, 1.807) is 6.20 Å². The fraction of sp³-hybridized carbons (Fsp3) is 0.500. The molecule has 0 radical (unpaired) electrons. The summed E-state index contributed by atoms with van der Waals surface area (Å²) in [4.78, 5) is 8.27. The Hall–Kier alpha value is -1.16. The average molecular weight is 166 g/mol. The van der Waals surface area contributed by atoms with Crippen LogP contribution in [0.2, 0.25) is 0 Å². The Balaban J connectivity index is 2.89. The molecule has 0 spiro atoms. The van der Waals surface area contributed by atoms with E-state index >= 15 is 0 Å². The number of nitrogen functional groups attached to an aromatic ring is 1. The molecule has 1 rings (SSSR count). The first-order valence-electron chi connectivity index (χ1n) is 4.08. The van der Waals surface area contributed by atoms with Gasteiger partial charge in [-0.25, -0.2) is 4.98 Å². The lowest BCUT2D eigenvalue weighted by molar-refractivity contribution is 0.843. The van der Waals surface area contributed by atoms with Crippen molar-refractivity contribution in [2.45, 2.75) is 26.3 Å². The molecule has 0 fully saturated rings. The van der Waals surface area contributed by atoms with E-state index in [4.69, 9.17) is 11.5 Å². The van der Waals surface area contributed by atoms with Crippen molar-refractivity contribution in [3.63, 3.8) is 0 Å². The highest BCUT2D eigenvalue weighted by molar-refractivity contribution is 5.33. The Morgan fingerprint density at radius 2 is 2.25 bits per heavy atom. The zero-order valence-electron chi connectivity index (χ0n) is 7.25. The zero-order valence-corrected chi connectivity index (χ0v) is 7.25. The Labute approximate surface area is 72.0 Å². The number of nitrogens with zero attached hydrogens (tertiary/aromatic N) is 2. The summed E-state index contributed by atoms with van der Waals surface area (Å²) in [5.41, 5.74) is 12.6. The molecule has 1 heterocycles. The van der Waals surface area contributed by atoms with Crippen LogP contribution in [0.1, 0.15) is 24.7 Å². The Morgan fingerprint density at radius 3 is 2.83 bits per heavy atom. The van der Waals surface area contributed by atoms with Crippen molar-refractivity contribution >= 4 is 5.82 Å². The van der Waals surface area contributed by atoms with E-state index in [1.165, 1.54) is 0 Å². The van der Waals surface area contributed by atoms with Crippen molar-refractivity contribution < 1.29 is 0 Å². The number of hydrogen-bond acceptors (Lipinski definition) is 4. The normalized spacial score (nSPS) is 10.2. The Morgan fingerprint density at radius 1 is 1.50 bits per heavy atom. The third kappa shape index (κ3) is 1.92. The molecule has 0 atom stereocenters. The van der Waals surface area contributed by atoms with Gasteiger partial charge in [0.1, 0.15) is 5.82 Å². The first kappa shape index (κ1) is 8.93. The molecular formula is C8H14N4. The van der Waals surface area contributed by atoms with Crippen molar-refractivity contribution in [2.75, 3.05) is 5.73 Å². The molecule has 0 aliphatic heterocycles. The molecule has 4 N–H and O–H groups in total. The molecule has 0 saturated heterocycles. The summed E-state index contributed by atoms with van der Waals surface area (Å²) >= 11 is 0. The maximum atomic E-state index is 5.54. The molecule has 0 aliphatic rings. The minimum absolute atomic E-state index is 0.358. The molecule has 0 bridgehead atoms. The van der Waals surface area contributed by atoms with Crippen LogP contribution >= 0.6 is 0 Å². The van der Waals surface area contributed by atoms with Crippen LogP contribution in [0.25, 0.3) is 0 Å². The first-order chi connectivity index (χ1) is 5.77. The molecule has 4 nitrogen and oxygen atoms in total. The van der Waals surface area contributed by atoms with Crippen molar-refractivity contribution in [1.29, 1.82) is 0 Å². The highest BCUT2D eigenvalue weighted by Crippen LogP contribution is 2.06. The number of aryl methyl sites for hydroxylation is 1. The predicted molar refractivity (Wildman–Crippen MR) is 48.3 cm³/mol. The minimum atomic E-state index is 0.358. The largest absolute Gasteiger partial charge is 0.382 e. The summed E-state index contributed by atoms with van der Waals surface area (Å²) in [7, 11) is 0. The van der Waals surface area contributed by atoms with Crippen LogP contribution in [0.15, 0.2) is 6.20 Å². The summed E-state index contributed by atoms with van der Waals surface area (Å²) in [6.07, 6.45) is 3.70. The van der Waals surface area contributed by atoms with Gasteiger partial charge in [-0.15, -0.1) is 0 Å². The molecule has 1 aromatic rings.